The molecular formula is C31H43N4O2+3. The predicted octanol–water partition coefficient (Wildman–Crippen LogP) is 5.22. The van der Waals surface area contributed by atoms with E-state index in [0.717, 1.165) is 82.3 Å². The molecule has 2 aromatic carbocycles. The number of fused-ring (bicyclic) bond motifs is 2. The first-order valence-corrected chi connectivity index (χ1v) is 13.2. The highest BCUT2D eigenvalue weighted by Gasteiger charge is 2.25. The first-order chi connectivity index (χ1) is 17.6. The maximum absolute atomic E-state index is 6.18. The van der Waals surface area contributed by atoms with Gasteiger partial charge in [0.1, 0.15) is 0 Å². The van der Waals surface area contributed by atoms with Gasteiger partial charge in [0.05, 0.1) is 73.6 Å². The summed E-state index contributed by atoms with van der Waals surface area (Å²) < 4.78 is 16.5. The van der Waals surface area contributed by atoms with Gasteiger partial charge in [-0.15, -0.1) is 0 Å². The van der Waals surface area contributed by atoms with Gasteiger partial charge in [0.15, 0.2) is 12.3 Å². The first-order valence-electron chi connectivity index (χ1n) is 13.2. The third-order valence-corrected chi connectivity index (χ3v) is 6.39. The van der Waals surface area contributed by atoms with E-state index in [9.17, 15) is 0 Å². The van der Waals surface area contributed by atoms with Crippen LogP contribution in [0.3, 0.4) is 0 Å². The number of hydrogen-bond donors (Lipinski definition) is 0. The third kappa shape index (κ3) is 7.34. The van der Waals surface area contributed by atoms with Gasteiger partial charge in [-0.05, 0) is 24.3 Å². The number of oxazole rings is 1. The van der Waals surface area contributed by atoms with Crippen LogP contribution >= 0.6 is 0 Å². The summed E-state index contributed by atoms with van der Waals surface area (Å²) in [5, 5.41) is 0. The van der Waals surface area contributed by atoms with Crippen molar-refractivity contribution in [1.29, 1.82) is 0 Å². The van der Waals surface area contributed by atoms with Crippen LogP contribution in [0.5, 0.6) is 5.75 Å². The fraction of sp³-hybridized carbons (Fsp3) is 0.387. The summed E-state index contributed by atoms with van der Waals surface area (Å²) in [6, 6.07) is 16.5. The standard InChI is InChI=1S/C31H43N4O2/c1-34(2,3)24-14-22-32-26-16-10-12-18-28(26)36-30(32)20-8-7-9-21-31-33(23-15-25-35(4,5)6)27-17-11-13-19-29(27)37-31/h7-13,16-21H,14-15,22-25H2,1-6H3/q+3. The summed E-state index contributed by atoms with van der Waals surface area (Å²) in [6.07, 6.45) is 12.4. The second kappa shape index (κ2) is 11.4. The second-order valence-electron chi connectivity index (χ2n) is 11.8. The summed E-state index contributed by atoms with van der Waals surface area (Å²) in [5.74, 6) is 2.65. The average molecular weight is 504 g/mol. The van der Waals surface area contributed by atoms with E-state index in [-0.39, 0.29) is 0 Å². The number of para-hydroxylation sites is 4. The Morgan fingerprint density at radius 3 is 2.30 bits per heavy atom. The molecule has 0 N–H and O–H groups in total. The smallest absolute Gasteiger partial charge is 0.374 e. The van der Waals surface area contributed by atoms with E-state index in [1.807, 2.05) is 54.6 Å². The third-order valence-electron chi connectivity index (χ3n) is 6.39. The maximum atomic E-state index is 6.18. The van der Waals surface area contributed by atoms with Crippen molar-refractivity contribution in [3.05, 3.63) is 84.6 Å². The van der Waals surface area contributed by atoms with Gasteiger partial charge >= 0.3 is 5.89 Å². The Balaban J connectivity index is 1.47. The molecule has 6 nitrogen and oxygen atoms in total. The van der Waals surface area contributed by atoms with Crippen LogP contribution in [0.15, 0.2) is 83.1 Å². The summed E-state index contributed by atoms with van der Waals surface area (Å²) in [6.45, 7) is 4.07. The van der Waals surface area contributed by atoms with Crippen LogP contribution < -0.4 is 14.2 Å². The van der Waals surface area contributed by atoms with Crippen molar-refractivity contribution < 1.29 is 22.7 Å². The zero-order valence-corrected chi connectivity index (χ0v) is 23.4. The summed E-state index contributed by atoms with van der Waals surface area (Å²) in [5.41, 5.74) is 3.19. The van der Waals surface area contributed by atoms with Crippen molar-refractivity contribution in [2.45, 2.75) is 19.4 Å². The highest BCUT2D eigenvalue weighted by Crippen LogP contribution is 2.38. The summed E-state index contributed by atoms with van der Waals surface area (Å²) in [7, 11) is 13.4. The summed E-state index contributed by atoms with van der Waals surface area (Å²) >= 11 is 0. The molecule has 1 aromatic heterocycles. The zero-order chi connectivity index (χ0) is 26.5. The normalized spacial score (nSPS) is 15.4. The second-order valence-corrected chi connectivity index (χ2v) is 11.8. The Kier molecular flexibility index (Phi) is 8.20. The number of anilines is 1. The number of aromatic nitrogens is 1. The van der Waals surface area contributed by atoms with E-state index in [1.165, 1.54) is 0 Å². The zero-order valence-electron chi connectivity index (χ0n) is 23.4. The molecule has 0 saturated heterocycles. The van der Waals surface area contributed by atoms with E-state index < -0.39 is 0 Å². The highest BCUT2D eigenvalue weighted by atomic mass is 16.5. The number of benzene rings is 2. The molecule has 0 amide bonds. The molecule has 0 bridgehead atoms. The number of quaternary nitrogens is 2. The SMILES string of the molecule is C[N+](C)(C)CCCN1\C(=C/C=C/C=C/c2oc3ccccc3[n+]2CCC[N+](C)(C)C)Oc2ccccc21. The Morgan fingerprint density at radius 2 is 1.51 bits per heavy atom. The topological polar surface area (TPSA) is 29.5 Å². The molecule has 0 spiro atoms. The number of ether oxygens (including phenoxy) is 1. The van der Waals surface area contributed by atoms with E-state index in [0.29, 0.717) is 0 Å². The lowest BCUT2D eigenvalue weighted by molar-refractivity contribution is -0.873. The molecule has 0 saturated carbocycles. The van der Waals surface area contributed by atoms with Gasteiger partial charge in [-0.2, -0.15) is 4.57 Å². The first kappa shape index (κ1) is 26.7. The Bertz CT molecular complexity index is 1290. The van der Waals surface area contributed by atoms with Crippen molar-refractivity contribution in [3.8, 4) is 5.75 Å². The van der Waals surface area contributed by atoms with Gasteiger partial charge in [0.2, 0.25) is 11.5 Å². The van der Waals surface area contributed by atoms with Crippen LogP contribution in [0, 0.1) is 0 Å². The van der Waals surface area contributed by atoms with Crippen molar-refractivity contribution in [3.63, 3.8) is 0 Å². The van der Waals surface area contributed by atoms with Crippen molar-refractivity contribution in [2.75, 3.05) is 66.8 Å². The van der Waals surface area contributed by atoms with Crippen LogP contribution in [-0.4, -0.2) is 70.9 Å². The predicted molar refractivity (Wildman–Crippen MR) is 152 cm³/mol. The van der Waals surface area contributed by atoms with Gasteiger partial charge in [-0.3, -0.25) is 0 Å². The minimum atomic E-state index is 0.867. The molecule has 0 unspecified atom stereocenters. The number of hydrogen-bond acceptors (Lipinski definition) is 3. The molecule has 3 aromatic rings. The largest absolute Gasteiger partial charge is 0.439 e. The van der Waals surface area contributed by atoms with Gasteiger partial charge in [-0.25, -0.2) is 0 Å². The molecule has 1 aliphatic heterocycles. The number of nitrogens with zero attached hydrogens (tertiary/aromatic N) is 4. The van der Waals surface area contributed by atoms with Gasteiger partial charge in [0.25, 0.3) is 5.52 Å². The molecule has 0 fully saturated rings. The molecule has 2 heterocycles. The van der Waals surface area contributed by atoms with Crippen LogP contribution in [-0.2, 0) is 6.54 Å². The van der Waals surface area contributed by atoms with E-state index in [2.05, 4.69) is 76.0 Å². The highest BCUT2D eigenvalue weighted by molar-refractivity contribution is 5.69. The molecule has 0 atom stereocenters. The molecule has 0 radical (unpaired) electrons. The molecule has 37 heavy (non-hydrogen) atoms. The Labute approximate surface area is 222 Å². The molecule has 6 heteroatoms. The Morgan fingerprint density at radius 1 is 0.811 bits per heavy atom. The van der Waals surface area contributed by atoms with E-state index in [4.69, 9.17) is 9.15 Å². The van der Waals surface area contributed by atoms with Crippen molar-refractivity contribution in [2.24, 2.45) is 0 Å². The lowest BCUT2D eigenvalue weighted by Gasteiger charge is -2.25. The maximum Gasteiger partial charge on any atom is 0.374 e. The molecule has 196 valence electrons. The number of rotatable bonds is 11. The summed E-state index contributed by atoms with van der Waals surface area (Å²) in [4.78, 5) is 2.28. The van der Waals surface area contributed by atoms with E-state index >= 15 is 0 Å². The molecular weight excluding hydrogens is 460 g/mol. The Hall–Kier alpha value is -3.35. The lowest BCUT2D eigenvalue weighted by atomic mass is 10.2. The minimum Gasteiger partial charge on any atom is -0.439 e. The minimum absolute atomic E-state index is 0.867. The average Bonchev–Trinajstić information content (AvgIpc) is 3.35. The van der Waals surface area contributed by atoms with Gasteiger partial charge in [-0.1, -0.05) is 42.5 Å². The fourth-order valence-corrected chi connectivity index (χ4v) is 4.56. The van der Waals surface area contributed by atoms with Crippen LogP contribution in [0.1, 0.15) is 18.7 Å². The quantitative estimate of drug-likeness (QED) is 0.204. The fourth-order valence-electron chi connectivity index (χ4n) is 4.56. The monoisotopic (exact) mass is 503 g/mol. The molecule has 1 aliphatic rings. The molecule has 0 aliphatic carbocycles. The van der Waals surface area contributed by atoms with Crippen LogP contribution in [0.4, 0.5) is 5.69 Å². The lowest BCUT2D eigenvalue weighted by Crippen LogP contribution is -2.40. The molecule has 4 rings (SSSR count). The van der Waals surface area contributed by atoms with Crippen LogP contribution in [0.25, 0.3) is 17.2 Å². The van der Waals surface area contributed by atoms with Crippen molar-refractivity contribution >= 4 is 22.9 Å². The van der Waals surface area contributed by atoms with Gasteiger partial charge < -0.3 is 23.0 Å². The van der Waals surface area contributed by atoms with Crippen molar-refractivity contribution in [1.82, 2.24) is 0 Å². The number of allylic oxidation sites excluding steroid dienone is 4. The van der Waals surface area contributed by atoms with E-state index in [1.54, 1.807) is 0 Å². The number of aryl methyl sites for hydroxylation is 1. The van der Waals surface area contributed by atoms with Gasteiger partial charge in [0, 0.05) is 19.0 Å². The van der Waals surface area contributed by atoms with Crippen LogP contribution in [0.2, 0.25) is 0 Å².